The lowest BCUT2D eigenvalue weighted by atomic mass is 10.2. The van der Waals surface area contributed by atoms with Gasteiger partial charge in [-0.3, -0.25) is 9.59 Å². The molecule has 26 heavy (non-hydrogen) atoms. The molecule has 2 N–H and O–H groups in total. The minimum atomic E-state index is -0.365. The number of carbonyl (C=O) groups is 2. The number of hydrogen-bond acceptors (Lipinski definition) is 5. The smallest absolute Gasteiger partial charge is 0.250 e. The predicted molar refractivity (Wildman–Crippen MR) is 96.7 cm³/mol. The fraction of sp³-hybridized carbons (Fsp3) is 0.263. The summed E-state index contributed by atoms with van der Waals surface area (Å²) in [5.74, 6) is 0.367. The molecular weight excluding hydrogens is 336 g/mol. The number of nitrogens with one attached hydrogen (secondary N) is 2. The van der Waals surface area contributed by atoms with E-state index >= 15 is 0 Å². The average molecular weight is 356 g/mol. The monoisotopic (exact) mass is 356 g/mol. The first-order valence-corrected chi connectivity index (χ1v) is 8.24. The van der Waals surface area contributed by atoms with Crippen LogP contribution in [-0.4, -0.2) is 38.2 Å². The molecule has 0 saturated heterocycles. The zero-order valence-electron chi connectivity index (χ0n) is 14.4. The van der Waals surface area contributed by atoms with Crippen molar-refractivity contribution in [3.8, 4) is 11.5 Å². The number of aryl methyl sites for hydroxylation is 1. The van der Waals surface area contributed by atoms with Gasteiger partial charge in [0, 0.05) is 0 Å². The maximum Gasteiger partial charge on any atom is 0.250 e. The van der Waals surface area contributed by atoms with Crippen LogP contribution >= 0.6 is 0 Å². The molecular formula is C19H20N2O5. The Morgan fingerprint density at radius 3 is 2.15 bits per heavy atom. The van der Waals surface area contributed by atoms with Crippen LogP contribution in [0.4, 0.5) is 11.4 Å². The molecule has 0 atom stereocenters. The average Bonchev–Trinajstić information content (AvgIpc) is 2.62. The van der Waals surface area contributed by atoms with E-state index in [2.05, 4.69) is 10.6 Å². The molecule has 0 radical (unpaired) electrons. The van der Waals surface area contributed by atoms with Gasteiger partial charge in [0.1, 0.15) is 37.9 Å². The number of carbonyl (C=O) groups excluding carboxylic acids is 2. The van der Waals surface area contributed by atoms with Gasteiger partial charge in [0.15, 0.2) is 0 Å². The van der Waals surface area contributed by atoms with Crippen LogP contribution in [0.25, 0.3) is 0 Å². The molecule has 0 aliphatic carbocycles. The number of benzene rings is 2. The van der Waals surface area contributed by atoms with Crippen molar-refractivity contribution in [1.29, 1.82) is 0 Å². The molecule has 7 heteroatoms. The highest BCUT2D eigenvalue weighted by Gasteiger charge is 2.12. The molecule has 2 aromatic rings. The van der Waals surface area contributed by atoms with E-state index in [0.29, 0.717) is 22.9 Å². The number of hydrogen-bond donors (Lipinski definition) is 2. The van der Waals surface area contributed by atoms with Gasteiger partial charge in [-0.2, -0.15) is 0 Å². The molecule has 0 saturated carbocycles. The number of rotatable bonds is 0. The standard InChI is InChI=1S/C19H20N2O5/c1-13-6-7-15-17(10-13)26-9-8-25-16-5-3-2-4-14(16)20-18(22)11-24-12-19(23)21-15/h2-7,10H,8-9,11-12H2,1H3,(H,20,22)(H,21,23). The SMILES string of the molecule is Cc1ccc2c(c1)OCCOc1ccccc1NC(=O)COCC(=O)N2. The van der Waals surface area contributed by atoms with E-state index in [1.807, 2.05) is 25.1 Å². The molecule has 0 bridgehead atoms. The quantitative estimate of drug-likeness (QED) is 0.757. The minimum absolute atomic E-state index is 0.237. The molecule has 0 unspecified atom stereocenters. The van der Waals surface area contributed by atoms with Crippen molar-refractivity contribution in [2.75, 3.05) is 37.1 Å². The molecule has 0 aromatic heterocycles. The predicted octanol–water partition coefficient (Wildman–Crippen LogP) is 2.36. The summed E-state index contributed by atoms with van der Waals surface area (Å²) < 4.78 is 16.7. The van der Waals surface area contributed by atoms with Crippen molar-refractivity contribution in [3.63, 3.8) is 0 Å². The van der Waals surface area contributed by atoms with Crippen LogP contribution in [0.2, 0.25) is 0 Å². The highest BCUT2D eigenvalue weighted by molar-refractivity contribution is 5.95. The minimum Gasteiger partial charge on any atom is -0.488 e. The summed E-state index contributed by atoms with van der Waals surface area (Å²) in [6, 6.07) is 12.6. The Bertz CT molecular complexity index is 806. The second-order valence-corrected chi connectivity index (χ2v) is 5.78. The zero-order chi connectivity index (χ0) is 18.4. The van der Waals surface area contributed by atoms with E-state index in [1.165, 1.54) is 0 Å². The number of ether oxygens (including phenoxy) is 3. The zero-order valence-corrected chi connectivity index (χ0v) is 14.4. The van der Waals surface area contributed by atoms with E-state index < -0.39 is 0 Å². The fourth-order valence-corrected chi connectivity index (χ4v) is 2.46. The molecule has 1 aliphatic rings. The Morgan fingerprint density at radius 1 is 0.808 bits per heavy atom. The topological polar surface area (TPSA) is 85.9 Å². The largest absolute Gasteiger partial charge is 0.488 e. The number of anilines is 2. The summed E-state index contributed by atoms with van der Waals surface area (Å²) >= 11 is 0. The Hall–Kier alpha value is -3.06. The van der Waals surface area contributed by atoms with E-state index in [1.54, 1.807) is 24.3 Å². The lowest BCUT2D eigenvalue weighted by Gasteiger charge is -2.14. The lowest BCUT2D eigenvalue weighted by Crippen LogP contribution is -2.24. The van der Waals surface area contributed by atoms with Crippen LogP contribution in [0, 0.1) is 6.92 Å². The van der Waals surface area contributed by atoms with Gasteiger partial charge in [-0.15, -0.1) is 0 Å². The van der Waals surface area contributed by atoms with Crippen molar-refractivity contribution in [2.45, 2.75) is 6.92 Å². The highest BCUT2D eigenvalue weighted by atomic mass is 16.5. The molecule has 2 amide bonds. The summed E-state index contributed by atoms with van der Waals surface area (Å²) in [5, 5.41) is 5.44. The molecule has 3 rings (SSSR count). The Labute approximate surface area is 151 Å². The van der Waals surface area contributed by atoms with Crippen LogP contribution in [0.15, 0.2) is 42.5 Å². The molecule has 1 aliphatic heterocycles. The number of amides is 2. The third-order valence-electron chi connectivity index (χ3n) is 3.64. The highest BCUT2D eigenvalue weighted by Crippen LogP contribution is 2.27. The first kappa shape index (κ1) is 17.8. The maximum absolute atomic E-state index is 12.0. The maximum atomic E-state index is 12.0. The van der Waals surface area contributed by atoms with E-state index in [4.69, 9.17) is 14.2 Å². The molecule has 7 nitrogen and oxygen atoms in total. The van der Waals surface area contributed by atoms with Gasteiger partial charge in [-0.25, -0.2) is 0 Å². The second kappa shape index (κ2) is 8.35. The molecule has 2 aromatic carbocycles. The van der Waals surface area contributed by atoms with E-state index in [-0.39, 0.29) is 38.2 Å². The fourth-order valence-electron chi connectivity index (χ4n) is 2.46. The van der Waals surface area contributed by atoms with E-state index in [9.17, 15) is 9.59 Å². The van der Waals surface area contributed by atoms with Gasteiger partial charge >= 0.3 is 0 Å². The molecule has 0 fully saturated rings. The van der Waals surface area contributed by atoms with Gasteiger partial charge in [-0.05, 0) is 36.8 Å². The summed E-state index contributed by atoms with van der Waals surface area (Å²) in [6.45, 7) is 2.03. The van der Waals surface area contributed by atoms with Crippen LogP contribution < -0.4 is 20.1 Å². The van der Waals surface area contributed by atoms with Crippen molar-refractivity contribution in [2.24, 2.45) is 0 Å². The first-order chi connectivity index (χ1) is 12.6. The van der Waals surface area contributed by atoms with Crippen LogP contribution in [0.1, 0.15) is 5.56 Å². The summed E-state index contributed by atoms with van der Waals surface area (Å²) in [5.41, 5.74) is 2.09. The van der Waals surface area contributed by atoms with Crippen LogP contribution in [0.5, 0.6) is 11.5 Å². The van der Waals surface area contributed by atoms with Crippen molar-refractivity contribution >= 4 is 23.2 Å². The van der Waals surface area contributed by atoms with Crippen LogP contribution in [0.3, 0.4) is 0 Å². The summed E-state index contributed by atoms with van der Waals surface area (Å²) in [7, 11) is 0. The summed E-state index contributed by atoms with van der Waals surface area (Å²) in [4.78, 5) is 24.0. The Kier molecular flexibility index (Phi) is 5.70. The second-order valence-electron chi connectivity index (χ2n) is 5.78. The van der Waals surface area contributed by atoms with Crippen molar-refractivity contribution in [1.82, 2.24) is 0 Å². The number of para-hydroxylation sites is 2. The van der Waals surface area contributed by atoms with Gasteiger partial charge in [0.25, 0.3) is 0 Å². The normalized spacial score (nSPS) is 15.7. The lowest BCUT2D eigenvalue weighted by molar-refractivity contribution is -0.125. The molecule has 136 valence electrons. The van der Waals surface area contributed by atoms with Gasteiger partial charge < -0.3 is 24.8 Å². The first-order valence-electron chi connectivity index (χ1n) is 8.24. The molecule has 0 spiro atoms. The Morgan fingerprint density at radius 2 is 1.42 bits per heavy atom. The van der Waals surface area contributed by atoms with Crippen LogP contribution in [-0.2, 0) is 14.3 Å². The van der Waals surface area contributed by atoms with Gasteiger partial charge in [-0.1, -0.05) is 18.2 Å². The summed E-state index contributed by atoms with van der Waals surface area (Å²) in [6.07, 6.45) is 0. The third-order valence-corrected chi connectivity index (χ3v) is 3.64. The van der Waals surface area contributed by atoms with Crippen molar-refractivity contribution < 1.29 is 23.8 Å². The Balaban J connectivity index is 1.80. The van der Waals surface area contributed by atoms with E-state index in [0.717, 1.165) is 5.56 Å². The third kappa shape index (κ3) is 4.73. The molecule has 1 heterocycles. The van der Waals surface area contributed by atoms with Gasteiger partial charge in [0.05, 0.1) is 11.4 Å². The number of fused-ring (bicyclic) bond motifs is 2. The van der Waals surface area contributed by atoms with Gasteiger partial charge in [0.2, 0.25) is 11.8 Å². The van der Waals surface area contributed by atoms with Crippen molar-refractivity contribution in [3.05, 3.63) is 48.0 Å².